The summed E-state index contributed by atoms with van der Waals surface area (Å²) < 4.78 is 9.61. The standard InChI is InChI=1S/C43H50N10O6/c1-20(2)34(50-42(56)58-5)40(54)52-30-13-24(30)15-32(52)38-44-17-28(48-38)23-9-7-22(8-10-23)26-11-12-27(37-36(26)46-19-47-37)29-18-45-39(49-29)33-16-25-14-31(25)53(33)41(55)35(21(3)4)51-43(57)59-6/h7-12,17-21,24-25,30-35H,13-16H2,1-6H3,(H,44,48)(H,45,49)(H,46,47)(H,50,56)(H,51,57)/t24-,25-,30-,31-,32+,33+,34+,35+/m1/s1. The number of alkyl carbamates (subject to hydrolysis) is 2. The van der Waals surface area contributed by atoms with Gasteiger partial charge in [0, 0.05) is 23.2 Å². The number of carbonyl (C=O) groups is 4. The number of piperidine rings is 2. The zero-order chi connectivity index (χ0) is 41.3. The van der Waals surface area contributed by atoms with Crippen molar-refractivity contribution in [3.63, 3.8) is 0 Å². The van der Waals surface area contributed by atoms with E-state index in [0.717, 1.165) is 76.2 Å². The van der Waals surface area contributed by atoms with Crippen molar-refractivity contribution in [2.24, 2.45) is 23.7 Å². The molecule has 5 aromatic rings. The highest BCUT2D eigenvalue weighted by Crippen LogP contribution is 2.54. The third-order valence-electron chi connectivity index (χ3n) is 12.7. The van der Waals surface area contributed by atoms with Crippen LogP contribution in [0, 0.1) is 23.7 Å². The number of hydrogen-bond acceptors (Lipinski definition) is 9. The van der Waals surface area contributed by atoms with Crippen LogP contribution in [0.2, 0.25) is 0 Å². The molecule has 308 valence electrons. The number of H-pyrrole nitrogens is 3. The molecular weight excluding hydrogens is 753 g/mol. The predicted molar refractivity (Wildman–Crippen MR) is 217 cm³/mol. The zero-order valence-electron chi connectivity index (χ0n) is 34.0. The minimum atomic E-state index is -0.701. The van der Waals surface area contributed by atoms with Gasteiger partial charge in [0.2, 0.25) is 11.8 Å². The summed E-state index contributed by atoms with van der Waals surface area (Å²) >= 11 is 0. The van der Waals surface area contributed by atoms with E-state index in [0.29, 0.717) is 17.7 Å². The summed E-state index contributed by atoms with van der Waals surface area (Å²) in [5.74, 6) is 1.85. The number of amides is 4. The van der Waals surface area contributed by atoms with Gasteiger partial charge in [0.25, 0.3) is 0 Å². The van der Waals surface area contributed by atoms with Crippen LogP contribution in [0.5, 0.6) is 0 Å². The molecule has 0 bridgehead atoms. The molecule has 5 heterocycles. The molecule has 5 N–H and O–H groups in total. The third-order valence-corrected chi connectivity index (χ3v) is 12.7. The number of carbonyl (C=O) groups excluding carboxylic acids is 4. The van der Waals surface area contributed by atoms with Gasteiger partial charge in [-0.15, -0.1) is 0 Å². The van der Waals surface area contributed by atoms with Crippen molar-refractivity contribution in [3.8, 4) is 33.6 Å². The summed E-state index contributed by atoms with van der Waals surface area (Å²) in [6.45, 7) is 7.66. The lowest BCUT2D eigenvalue weighted by atomic mass is 9.99. The van der Waals surface area contributed by atoms with E-state index in [2.05, 4.69) is 55.9 Å². The van der Waals surface area contributed by atoms with Crippen molar-refractivity contribution in [1.82, 2.24) is 50.3 Å². The average molecular weight is 803 g/mol. The van der Waals surface area contributed by atoms with Crippen LogP contribution >= 0.6 is 0 Å². The number of fused-ring (bicyclic) bond motifs is 3. The number of hydrogen-bond donors (Lipinski definition) is 5. The van der Waals surface area contributed by atoms with Crippen molar-refractivity contribution in [2.45, 2.75) is 89.6 Å². The van der Waals surface area contributed by atoms with E-state index in [1.54, 1.807) is 12.5 Å². The first-order valence-corrected chi connectivity index (χ1v) is 20.5. The smallest absolute Gasteiger partial charge is 0.407 e. The minimum absolute atomic E-state index is 0.108. The van der Waals surface area contributed by atoms with E-state index in [1.165, 1.54) is 14.2 Å². The summed E-state index contributed by atoms with van der Waals surface area (Å²) in [7, 11) is 2.59. The second-order valence-electron chi connectivity index (χ2n) is 17.1. The minimum Gasteiger partial charge on any atom is -0.453 e. The van der Waals surface area contributed by atoms with E-state index in [1.807, 2.05) is 49.8 Å². The van der Waals surface area contributed by atoms with Crippen LogP contribution in [-0.4, -0.2) is 102 Å². The van der Waals surface area contributed by atoms with Crippen LogP contribution in [0.1, 0.15) is 77.1 Å². The van der Waals surface area contributed by atoms with Crippen molar-refractivity contribution in [3.05, 3.63) is 66.8 Å². The Kier molecular flexibility index (Phi) is 9.67. The summed E-state index contributed by atoms with van der Waals surface area (Å²) in [5.41, 5.74) is 7.16. The lowest BCUT2D eigenvalue weighted by Crippen LogP contribution is -2.52. The van der Waals surface area contributed by atoms with Gasteiger partial charge in [0.05, 0.1) is 67.4 Å². The van der Waals surface area contributed by atoms with Crippen molar-refractivity contribution >= 4 is 35.0 Å². The van der Waals surface area contributed by atoms with Crippen molar-refractivity contribution < 1.29 is 28.7 Å². The number of methoxy groups -OCH3 is 2. The lowest BCUT2D eigenvalue weighted by Gasteiger charge is -2.31. The molecule has 2 aliphatic carbocycles. The van der Waals surface area contributed by atoms with Gasteiger partial charge in [-0.25, -0.2) is 24.5 Å². The molecule has 2 aromatic carbocycles. The fourth-order valence-corrected chi connectivity index (χ4v) is 9.37. The lowest BCUT2D eigenvalue weighted by molar-refractivity contribution is -0.137. The van der Waals surface area contributed by atoms with Crippen LogP contribution in [0.3, 0.4) is 0 Å². The van der Waals surface area contributed by atoms with E-state index >= 15 is 0 Å². The summed E-state index contributed by atoms with van der Waals surface area (Å²) in [6.07, 6.45) is 7.63. The van der Waals surface area contributed by atoms with Crippen molar-refractivity contribution in [2.75, 3.05) is 14.2 Å². The van der Waals surface area contributed by atoms with Crippen LogP contribution in [0.4, 0.5) is 9.59 Å². The Morgan fingerprint density at radius 1 is 0.661 bits per heavy atom. The molecule has 4 fully saturated rings. The maximum Gasteiger partial charge on any atom is 0.407 e. The molecule has 0 spiro atoms. The van der Waals surface area contributed by atoms with E-state index in [4.69, 9.17) is 24.4 Å². The van der Waals surface area contributed by atoms with Gasteiger partial charge in [0.15, 0.2) is 0 Å². The van der Waals surface area contributed by atoms with Gasteiger partial charge < -0.3 is 44.9 Å². The number of rotatable bonds is 11. The highest BCUT2D eigenvalue weighted by Gasteiger charge is 2.57. The Morgan fingerprint density at radius 3 is 1.68 bits per heavy atom. The second-order valence-corrected chi connectivity index (χ2v) is 17.1. The van der Waals surface area contributed by atoms with Gasteiger partial charge in [0.1, 0.15) is 23.7 Å². The first kappa shape index (κ1) is 38.3. The molecule has 2 saturated carbocycles. The molecule has 16 nitrogen and oxygen atoms in total. The number of ether oxygens (including phenoxy) is 2. The molecule has 8 atom stereocenters. The number of nitrogens with one attached hydrogen (secondary N) is 5. The Bertz CT molecular complexity index is 2420. The van der Waals surface area contributed by atoms with Crippen LogP contribution in [0.15, 0.2) is 55.1 Å². The zero-order valence-corrected chi connectivity index (χ0v) is 34.0. The third kappa shape index (κ3) is 6.87. The van der Waals surface area contributed by atoms with Gasteiger partial charge in [-0.3, -0.25) is 9.59 Å². The largest absolute Gasteiger partial charge is 0.453 e. The van der Waals surface area contributed by atoms with Crippen LogP contribution in [0.25, 0.3) is 44.7 Å². The molecule has 2 aliphatic heterocycles. The molecule has 0 unspecified atom stereocenters. The van der Waals surface area contributed by atoms with E-state index in [9.17, 15) is 19.2 Å². The predicted octanol–water partition coefficient (Wildman–Crippen LogP) is 6.10. The number of aromatic amines is 3. The SMILES string of the molecule is COC(=O)N[C@H](C(=O)N1[C@@H]2C[C@@H]2C[C@H]1c1ncc(-c2ccc(-c3ccc(-c4cnc([C@@H]5C[C@H]6C[C@H]6N5C(=O)[C@@H](NC(=O)OC)C(C)C)[nH]4)c4nc[nH]c34)cc2)[nH]1)C(C)C. The number of aromatic nitrogens is 6. The summed E-state index contributed by atoms with van der Waals surface area (Å²) in [5, 5.41) is 5.48. The number of benzene rings is 2. The molecule has 2 saturated heterocycles. The van der Waals surface area contributed by atoms with E-state index < -0.39 is 24.3 Å². The first-order chi connectivity index (χ1) is 28.4. The quantitative estimate of drug-likeness (QED) is 0.105. The molecular formula is C43H50N10O6. The summed E-state index contributed by atoms with van der Waals surface area (Å²) in [4.78, 5) is 80.3. The maximum absolute atomic E-state index is 13.9. The molecule has 0 radical (unpaired) electrons. The topological polar surface area (TPSA) is 203 Å². The number of imidazole rings is 3. The van der Waals surface area contributed by atoms with Crippen molar-refractivity contribution in [1.29, 1.82) is 0 Å². The highest BCUT2D eigenvalue weighted by atomic mass is 16.5. The molecule has 4 aliphatic rings. The fourth-order valence-electron chi connectivity index (χ4n) is 9.37. The highest BCUT2D eigenvalue weighted by molar-refractivity contribution is 6.00. The Labute approximate surface area is 341 Å². The van der Waals surface area contributed by atoms with Crippen LogP contribution in [-0.2, 0) is 19.1 Å². The first-order valence-electron chi connectivity index (χ1n) is 20.5. The second kappa shape index (κ2) is 14.9. The normalized spacial score (nSPS) is 23.9. The van der Waals surface area contributed by atoms with Gasteiger partial charge in [-0.05, 0) is 66.5 Å². The average Bonchev–Trinajstić information content (AvgIpc) is 3.71. The molecule has 3 aromatic heterocycles. The molecule has 9 rings (SSSR count). The number of likely N-dealkylation sites (tertiary alicyclic amines) is 2. The Morgan fingerprint density at radius 2 is 1.15 bits per heavy atom. The Balaban J connectivity index is 0.922. The summed E-state index contributed by atoms with van der Waals surface area (Å²) in [6, 6.07) is 10.8. The monoisotopic (exact) mass is 802 g/mol. The van der Waals surface area contributed by atoms with Gasteiger partial charge in [-0.2, -0.15) is 0 Å². The van der Waals surface area contributed by atoms with Crippen LogP contribution < -0.4 is 10.6 Å². The Hall–Kier alpha value is -6.19. The number of nitrogens with zero attached hydrogens (tertiary/aromatic N) is 5. The van der Waals surface area contributed by atoms with E-state index in [-0.39, 0.29) is 47.8 Å². The fraction of sp³-hybridized carbons (Fsp3) is 0.465. The van der Waals surface area contributed by atoms with Gasteiger partial charge >= 0.3 is 12.2 Å². The van der Waals surface area contributed by atoms with Gasteiger partial charge in [-0.1, -0.05) is 58.0 Å². The maximum atomic E-state index is 13.9. The molecule has 4 amide bonds. The molecule has 59 heavy (non-hydrogen) atoms. The molecule has 16 heteroatoms.